The van der Waals surface area contributed by atoms with Crippen molar-refractivity contribution in [1.82, 2.24) is 14.9 Å². The van der Waals surface area contributed by atoms with Crippen molar-refractivity contribution in [2.24, 2.45) is 0 Å². The molecule has 1 amide bonds. The largest absolute Gasteiger partial charge is 0.487 e. The first-order valence-corrected chi connectivity index (χ1v) is 8.45. The molecule has 0 unspecified atom stereocenters. The average molecular weight is 340 g/mol. The number of para-hydroxylation sites is 1. The van der Waals surface area contributed by atoms with E-state index in [9.17, 15) is 9.59 Å². The van der Waals surface area contributed by atoms with Crippen LogP contribution in [0.1, 0.15) is 23.7 Å². The molecule has 1 aromatic heterocycles. The van der Waals surface area contributed by atoms with Gasteiger partial charge in [0, 0.05) is 45.1 Å². The number of ether oxygens (including phenoxy) is 1. The van der Waals surface area contributed by atoms with Gasteiger partial charge in [-0.05, 0) is 11.6 Å². The third kappa shape index (κ3) is 2.97. The minimum Gasteiger partial charge on any atom is -0.487 e. The number of piperazine rings is 1. The highest BCUT2D eigenvalue weighted by Crippen LogP contribution is 2.26. The summed E-state index contributed by atoms with van der Waals surface area (Å²) < 4.78 is 5.83. The van der Waals surface area contributed by atoms with E-state index in [0.29, 0.717) is 49.8 Å². The summed E-state index contributed by atoms with van der Waals surface area (Å²) in [5.41, 5.74) is 2.23. The number of rotatable bonds is 1. The van der Waals surface area contributed by atoms with Crippen molar-refractivity contribution in [3.05, 3.63) is 51.4 Å². The normalized spacial score (nSPS) is 16.5. The van der Waals surface area contributed by atoms with Crippen LogP contribution in [-0.4, -0.2) is 47.0 Å². The topological polar surface area (TPSA) is 78.5 Å². The van der Waals surface area contributed by atoms with Gasteiger partial charge >= 0.3 is 0 Å². The zero-order valence-corrected chi connectivity index (χ0v) is 14.1. The Hall–Kier alpha value is -2.83. The number of nitrogens with one attached hydrogen (secondary N) is 1. The number of fused-ring (bicyclic) bond motifs is 2. The maximum atomic E-state index is 12.6. The molecule has 25 heavy (non-hydrogen) atoms. The van der Waals surface area contributed by atoms with Gasteiger partial charge in [-0.15, -0.1) is 0 Å². The minimum atomic E-state index is -0.116. The molecule has 1 N–H and O–H groups in total. The van der Waals surface area contributed by atoms with E-state index in [1.807, 2.05) is 29.2 Å². The molecule has 0 atom stereocenters. The van der Waals surface area contributed by atoms with Gasteiger partial charge in [-0.3, -0.25) is 14.6 Å². The van der Waals surface area contributed by atoms with Crippen LogP contribution in [0, 0.1) is 0 Å². The summed E-state index contributed by atoms with van der Waals surface area (Å²) in [5.74, 6) is 1.44. The third-order valence-electron chi connectivity index (χ3n) is 4.82. The van der Waals surface area contributed by atoms with Crippen LogP contribution in [0.4, 0.5) is 5.95 Å². The Kier molecular flexibility index (Phi) is 3.91. The van der Waals surface area contributed by atoms with Gasteiger partial charge in [-0.2, -0.15) is 0 Å². The fraction of sp³-hybridized carbons (Fsp3) is 0.389. The van der Waals surface area contributed by atoms with E-state index in [2.05, 4.69) is 9.97 Å². The van der Waals surface area contributed by atoms with E-state index >= 15 is 0 Å². The van der Waals surface area contributed by atoms with E-state index < -0.39 is 0 Å². The lowest BCUT2D eigenvalue weighted by Crippen LogP contribution is -2.49. The Morgan fingerprint density at radius 2 is 1.96 bits per heavy atom. The van der Waals surface area contributed by atoms with Gasteiger partial charge in [-0.1, -0.05) is 18.2 Å². The van der Waals surface area contributed by atoms with Crippen molar-refractivity contribution < 1.29 is 9.53 Å². The number of carbonyl (C=O) groups excluding carboxylic acids is 1. The number of aromatic nitrogens is 2. The van der Waals surface area contributed by atoms with Crippen molar-refractivity contribution in [2.75, 3.05) is 31.1 Å². The molecule has 0 bridgehead atoms. The van der Waals surface area contributed by atoms with Gasteiger partial charge in [-0.25, -0.2) is 4.98 Å². The zero-order valence-electron chi connectivity index (χ0n) is 14.1. The summed E-state index contributed by atoms with van der Waals surface area (Å²) in [6.07, 6.45) is 0.520. The van der Waals surface area contributed by atoms with Gasteiger partial charge in [0.05, 0.1) is 5.69 Å². The fourth-order valence-corrected chi connectivity index (χ4v) is 3.34. The van der Waals surface area contributed by atoms with E-state index in [-0.39, 0.29) is 18.1 Å². The average Bonchev–Trinajstić information content (AvgIpc) is 2.82. The summed E-state index contributed by atoms with van der Waals surface area (Å²) >= 11 is 0. The number of hydrogen-bond donors (Lipinski definition) is 1. The first-order valence-electron chi connectivity index (χ1n) is 8.45. The highest BCUT2D eigenvalue weighted by atomic mass is 16.5. The van der Waals surface area contributed by atoms with Gasteiger partial charge in [0.15, 0.2) is 0 Å². The molecule has 1 saturated heterocycles. The van der Waals surface area contributed by atoms with Crippen LogP contribution < -0.4 is 15.2 Å². The number of hydrogen-bond acceptors (Lipinski definition) is 5. The van der Waals surface area contributed by atoms with Crippen molar-refractivity contribution in [1.29, 1.82) is 0 Å². The molecule has 0 radical (unpaired) electrons. The number of carbonyl (C=O) groups is 1. The number of H-pyrrole nitrogens is 1. The molecule has 0 aliphatic carbocycles. The van der Waals surface area contributed by atoms with Crippen LogP contribution in [-0.2, 0) is 17.8 Å². The van der Waals surface area contributed by atoms with Crippen molar-refractivity contribution >= 4 is 11.9 Å². The molecular weight excluding hydrogens is 320 g/mol. The molecule has 7 heteroatoms. The number of anilines is 1. The Labute approximate surface area is 145 Å². The van der Waals surface area contributed by atoms with Crippen LogP contribution in [0.5, 0.6) is 5.75 Å². The lowest BCUT2D eigenvalue weighted by Gasteiger charge is -2.34. The van der Waals surface area contributed by atoms with Gasteiger partial charge in [0.1, 0.15) is 12.4 Å². The fourth-order valence-electron chi connectivity index (χ4n) is 3.34. The smallest absolute Gasteiger partial charge is 0.256 e. The van der Waals surface area contributed by atoms with Crippen LogP contribution in [0.2, 0.25) is 0 Å². The van der Waals surface area contributed by atoms with Gasteiger partial charge in [0.25, 0.3) is 5.56 Å². The first kappa shape index (κ1) is 15.7. The number of amides is 1. The minimum absolute atomic E-state index is 0.0780. The predicted octanol–water partition coefficient (Wildman–Crippen LogP) is 0.922. The Balaban J connectivity index is 1.61. The summed E-state index contributed by atoms with van der Waals surface area (Å²) in [5, 5.41) is 0. The quantitative estimate of drug-likeness (QED) is 0.835. The number of nitrogens with zero attached hydrogens (tertiary/aromatic N) is 3. The number of aromatic amines is 1. The van der Waals surface area contributed by atoms with E-state index in [1.54, 1.807) is 11.8 Å². The molecule has 2 aliphatic rings. The standard InChI is InChI=1S/C18H20N4O3/c1-12(23)21-6-8-22(9-7-21)18-19-15-11-25-16-5-3-2-4-13(16)10-14(15)17(24)20-18/h2-5H,6-11H2,1H3,(H,19,20,24). The van der Waals surface area contributed by atoms with Crippen molar-refractivity contribution in [3.63, 3.8) is 0 Å². The number of benzene rings is 1. The predicted molar refractivity (Wildman–Crippen MR) is 92.9 cm³/mol. The highest BCUT2D eigenvalue weighted by molar-refractivity contribution is 5.73. The van der Waals surface area contributed by atoms with Gasteiger partial charge in [0.2, 0.25) is 11.9 Å². The molecule has 4 rings (SSSR count). The maximum Gasteiger partial charge on any atom is 0.256 e. The van der Waals surface area contributed by atoms with Crippen LogP contribution in [0.3, 0.4) is 0 Å². The lowest BCUT2D eigenvalue weighted by atomic mass is 10.1. The lowest BCUT2D eigenvalue weighted by molar-refractivity contribution is -0.129. The van der Waals surface area contributed by atoms with Crippen LogP contribution in [0.15, 0.2) is 29.1 Å². The molecule has 0 spiro atoms. The molecule has 0 saturated carbocycles. The zero-order chi connectivity index (χ0) is 17.4. The molecular formula is C18H20N4O3. The van der Waals surface area contributed by atoms with E-state index in [0.717, 1.165) is 11.3 Å². The van der Waals surface area contributed by atoms with E-state index in [4.69, 9.17) is 4.74 Å². The molecule has 1 aromatic carbocycles. The molecule has 2 aliphatic heterocycles. The molecule has 7 nitrogen and oxygen atoms in total. The highest BCUT2D eigenvalue weighted by Gasteiger charge is 2.23. The second kappa shape index (κ2) is 6.23. The monoisotopic (exact) mass is 340 g/mol. The summed E-state index contributed by atoms with van der Waals surface area (Å²) in [4.78, 5) is 35.4. The molecule has 1 fully saturated rings. The summed E-state index contributed by atoms with van der Waals surface area (Å²) in [7, 11) is 0. The molecule has 130 valence electrons. The van der Waals surface area contributed by atoms with Crippen LogP contribution >= 0.6 is 0 Å². The second-order valence-corrected chi connectivity index (χ2v) is 6.38. The summed E-state index contributed by atoms with van der Waals surface area (Å²) in [6, 6.07) is 7.75. The SMILES string of the molecule is CC(=O)N1CCN(c2nc3c(c(=O)[nH]2)Cc2ccccc2OC3)CC1. The molecule has 3 heterocycles. The van der Waals surface area contributed by atoms with Crippen molar-refractivity contribution in [2.45, 2.75) is 20.0 Å². The Bertz CT molecular complexity index is 869. The Morgan fingerprint density at radius 1 is 1.20 bits per heavy atom. The maximum absolute atomic E-state index is 12.6. The van der Waals surface area contributed by atoms with Crippen LogP contribution in [0.25, 0.3) is 0 Å². The molecule has 2 aromatic rings. The van der Waals surface area contributed by atoms with Crippen molar-refractivity contribution in [3.8, 4) is 5.75 Å². The summed E-state index contributed by atoms with van der Waals surface area (Å²) in [6.45, 7) is 4.45. The van der Waals surface area contributed by atoms with E-state index in [1.165, 1.54) is 0 Å². The first-order chi connectivity index (χ1) is 12.1. The second-order valence-electron chi connectivity index (χ2n) is 6.38. The Morgan fingerprint density at radius 3 is 2.72 bits per heavy atom. The van der Waals surface area contributed by atoms with Gasteiger partial charge < -0.3 is 14.5 Å². The third-order valence-corrected chi connectivity index (χ3v) is 4.82.